The lowest BCUT2D eigenvalue weighted by Gasteiger charge is -2.21. The molecule has 0 fully saturated rings. The molecule has 0 radical (unpaired) electrons. The van der Waals surface area contributed by atoms with Crippen LogP contribution in [0.2, 0.25) is 0 Å². The molecule has 1 aromatic carbocycles. The van der Waals surface area contributed by atoms with Crippen LogP contribution in [0, 0.1) is 0 Å². The summed E-state index contributed by atoms with van der Waals surface area (Å²) in [7, 11) is 0. The Balaban J connectivity index is 1.95. The Morgan fingerprint density at radius 3 is 2.32 bits per heavy atom. The number of pyridine rings is 1. The minimum absolute atomic E-state index is 0.0731. The molecule has 134 valence electrons. The lowest BCUT2D eigenvalue weighted by atomic mass is 10.2. The minimum Gasteiger partial charge on any atom is -0.372 e. The Morgan fingerprint density at radius 1 is 1.04 bits per heavy atom. The number of hydrogen-bond donors (Lipinski definition) is 2. The number of aromatic nitrogens is 1. The first-order valence-corrected chi connectivity index (χ1v) is 9.04. The molecule has 0 spiro atoms. The van der Waals surface area contributed by atoms with Crippen LogP contribution in [-0.2, 0) is 0 Å². The number of hydrogen-bond acceptors (Lipinski definition) is 4. The van der Waals surface area contributed by atoms with Crippen molar-refractivity contribution < 1.29 is 4.79 Å². The molecule has 0 aliphatic rings. The summed E-state index contributed by atoms with van der Waals surface area (Å²) >= 11 is 0. The van der Waals surface area contributed by atoms with Gasteiger partial charge in [0, 0.05) is 37.2 Å². The number of benzene rings is 1. The quantitative estimate of drug-likeness (QED) is 0.672. The van der Waals surface area contributed by atoms with Gasteiger partial charge < -0.3 is 15.5 Å². The van der Waals surface area contributed by atoms with Crippen LogP contribution >= 0.6 is 0 Å². The van der Waals surface area contributed by atoms with E-state index in [1.54, 1.807) is 12.3 Å². The SMILES string of the molecule is CCCCNC(=O)c1ccc(Nc2ccc(N(CC)CC)cc2)nc1. The molecule has 0 saturated heterocycles. The maximum Gasteiger partial charge on any atom is 0.252 e. The molecule has 1 amide bonds. The molecule has 0 aliphatic heterocycles. The second kappa shape index (κ2) is 9.67. The van der Waals surface area contributed by atoms with E-state index in [2.05, 4.69) is 53.4 Å². The summed E-state index contributed by atoms with van der Waals surface area (Å²) in [6.45, 7) is 9.09. The summed E-state index contributed by atoms with van der Waals surface area (Å²) in [5, 5.41) is 6.16. The van der Waals surface area contributed by atoms with E-state index in [0.29, 0.717) is 12.1 Å². The Hall–Kier alpha value is -2.56. The van der Waals surface area contributed by atoms with Crippen molar-refractivity contribution in [2.75, 3.05) is 29.9 Å². The van der Waals surface area contributed by atoms with Gasteiger partial charge in [0.25, 0.3) is 5.91 Å². The van der Waals surface area contributed by atoms with Crippen molar-refractivity contribution in [2.24, 2.45) is 0 Å². The number of nitrogens with zero attached hydrogens (tertiary/aromatic N) is 2. The number of nitrogens with one attached hydrogen (secondary N) is 2. The molecule has 25 heavy (non-hydrogen) atoms. The van der Waals surface area contributed by atoms with Gasteiger partial charge in [0.15, 0.2) is 0 Å². The van der Waals surface area contributed by atoms with Crippen LogP contribution in [0.1, 0.15) is 44.0 Å². The molecule has 2 aromatic rings. The van der Waals surface area contributed by atoms with Gasteiger partial charge in [0.05, 0.1) is 5.56 Å². The average molecular weight is 340 g/mol. The van der Waals surface area contributed by atoms with Crippen molar-refractivity contribution in [2.45, 2.75) is 33.6 Å². The number of amides is 1. The molecule has 0 saturated carbocycles. The highest BCUT2D eigenvalue weighted by Gasteiger charge is 2.06. The van der Waals surface area contributed by atoms with Crippen molar-refractivity contribution >= 4 is 23.1 Å². The topological polar surface area (TPSA) is 57.3 Å². The highest BCUT2D eigenvalue weighted by Crippen LogP contribution is 2.20. The van der Waals surface area contributed by atoms with Crippen LogP contribution in [0.5, 0.6) is 0 Å². The van der Waals surface area contributed by atoms with E-state index in [1.807, 2.05) is 18.2 Å². The summed E-state index contributed by atoms with van der Waals surface area (Å²) in [6, 6.07) is 11.9. The zero-order chi connectivity index (χ0) is 18.1. The van der Waals surface area contributed by atoms with E-state index in [4.69, 9.17) is 0 Å². The van der Waals surface area contributed by atoms with Gasteiger partial charge in [-0.2, -0.15) is 0 Å². The number of rotatable bonds is 9. The molecule has 0 atom stereocenters. The first-order valence-electron chi connectivity index (χ1n) is 9.04. The zero-order valence-corrected chi connectivity index (χ0v) is 15.4. The molecule has 2 rings (SSSR count). The first kappa shape index (κ1) is 18.8. The van der Waals surface area contributed by atoms with Gasteiger partial charge in [0.2, 0.25) is 0 Å². The molecule has 0 aliphatic carbocycles. The van der Waals surface area contributed by atoms with E-state index in [0.717, 1.165) is 37.4 Å². The smallest absolute Gasteiger partial charge is 0.252 e. The maximum absolute atomic E-state index is 12.0. The van der Waals surface area contributed by atoms with E-state index < -0.39 is 0 Å². The number of anilines is 3. The average Bonchev–Trinajstić information content (AvgIpc) is 2.65. The summed E-state index contributed by atoms with van der Waals surface area (Å²) < 4.78 is 0. The second-order valence-corrected chi connectivity index (χ2v) is 5.89. The zero-order valence-electron chi connectivity index (χ0n) is 15.4. The van der Waals surface area contributed by atoms with E-state index >= 15 is 0 Å². The fourth-order valence-corrected chi connectivity index (χ4v) is 2.58. The Morgan fingerprint density at radius 2 is 1.76 bits per heavy atom. The molecular weight excluding hydrogens is 312 g/mol. The van der Waals surface area contributed by atoms with Crippen molar-refractivity contribution in [3.05, 3.63) is 48.2 Å². The summed E-state index contributed by atoms with van der Waals surface area (Å²) in [5.74, 6) is 0.650. The maximum atomic E-state index is 12.0. The number of carbonyl (C=O) groups is 1. The van der Waals surface area contributed by atoms with Gasteiger partial charge in [-0.05, 0) is 56.7 Å². The highest BCUT2D eigenvalue weighted by atomic mass is 16.1. The highest BCUT2D eigenvalue weighted by molar-refractivity contribution is 5.94. The lowest BCUT2D eigenvalue weighted by molar-refractivity contribution is 0.0953. The van der Waals surface area contributed by atoms with Crippen molar-refractivity contribution in [1.82, 2.24) is 10.3 Å². The van der Waals surface area contributed by atoms with Crippen molar-refractivity contribution in [3.63, 3.8) is 0 Å². The second-order valence-electron chi connectivity index (χ2n) is 5.89. The monoisotopic (exact) mass is 340 g/mol. The first-order chi connectivity index (χ1) is 12.2. The number of carbonyl (C=O) groups excluding carboxylic acids is 1. The molecule has 0 bridgehead atoms. The largest absolute Gasteiger partial charge is 0.372 e. The van der Waals surface area contributed by atoms with Gasteiger partial charge in [-0.15, -0.1) is 0 Å². The van der Waals surface area contributed by atoms with Gasteiger partial charge in [0.1, 0.15) is 5.82 Å². The third-order valence-corrected chi connectivity index (χ3v) is 4.11. The van der Waals surface area contributed by atoms with Crippen LogP contribution < -0.4 is 15.5 Å². The standard InChI is InChI=1S/C20H28N4O/c1-4-7-14-21-20(25)16-8-13-19(22-15-16)23-17-9-11-18(12-10-17)24(5-2)6-3/h8-13,15H,4-7,14H2,1-3H3,(H,21,25)(H,22,23). The Kier molecular flexibility index (Phi) is 7.26. The summed E-state index contributed by atoms with van der Waals surface area (Å²) in [6.07, 6.45) is 3.66. The van der Waals surface area contributed by atoms with E-state index in [-0.39, 0.29) is 5.91 Å². The molecular formula is C20H28N4O. The molecule has 5 nitrogen and oxygen atoms in total. The van der Waals surface area contributed by atoms with Gasteiger partial charge in [-0.1, -0.05) is 13.3 Å². The van der Waals surface area contributed by atoms with E-state index in [9.17, 15) is 4.79 Å². The molecule has 5 heteroatoms. The summed E-state index contributed by atoms with van der Waals surface area (Å²) in [4.78, 5) is 18.6. The van der Waals surface area contributed by atoms with Gasteiger partial charge in [-0.3, -0.25) is 4.79 Å². The van der Waals surface area contributed by atoms with Gasteiger partial charge in [-0.25, -0.2) is 4.98 Å². The van der Waals surface area contributed by atoms with Crippen LogP contribution in [0.15, 0.2) is 42.6 Å². The van der Waals surface area contributed by atoms with Crippen LogP contribution in [0.4, 0.5) is 17.2 Å². The minimum atomic E-state index is -0.0731. The predicted octanol–water partition coefficient (Wildman–Crippen LogP) is 4.20. The van der Waals surface area contributed by atoms with Crippen LogP contribution in [0.25, 0.3) is 0 Å². The molecule has 0 unspecified atom stereocenters. The Bertz CT molecular complexity index is 648. The normalized spacial score (nSPS) is 10.4. The molecule has 1 aromatic heterocycles. The van der Waals surface area contributed by atoms with Crippen LogP contribution in [-0.4, -0.2) is 30.5 Å². The summed E-state index contributed by atoms with van der Waals surface area (Å²) in [5.41, 5.74) is 2.77. The van der Waals surface area contributed by atoms with Gasteiger partial charge >= 0.3 is 0 Å². The molecule has 2 N–H and O–H groups in total. The fourth-order valence-electron chi connectivity index (χ4n) is 2.58. The van der Waals surface area contributed by atoms with E-state index in [1.165, 1.54) is 5.69 Å². The number of unbranched alkanes of at least 4 members (excludes halogenated alkanes) is 1. The van der Waals surface area contributed by atoms with Crippen LogP contribution in [0.3, 0.4) is 0 Å². The van der Waals surface area contributed by atoms with Crippen molar-refractivity contribution in [3.8, 4) is 0 Å². The lowest BCUT2D eigenvalue weighted by Crippen LogP contribution is -2.24. The third kappa shape index (κ3) is 5.48. The Labute approximate surface area is 150 Å². The fraction of sp³-hybridized carbons (Fsp3) is 0.400. The molecule has 1 heterocycles. The van der Waals surface area contributed by atoms with Crippen molar-refractivity contribution in [1.29, 1.82) is 0 Å². The predicted molar refractivity (Wildman–Crippen MR) is 105 cm³/mol. The third-order valence-electron chi connectivity index (χ3n) is 4.11.